The number of hydrogen-bond donors (Lipinski definition) is 2. The van der Waals surface area contributed by atoms with Gasteiger partial charge in [0.05, 0.1) is 11.3 Å². The predicted molar refractivity (Wildman–Crippen MR) is 125 cm³/mol. The third-order valence-electron chi connectivity index (χ3n) is 5.02. The van der Waals surface area contributed by atoms with Crippen molar-refractivity contribution in [1.82, 2.24) is 0 Å². The fourth-order valence-electron chi connectivity index (χ4n) is 3.33. The molecule has 4 aromatic carbocycles. The summed E-state index contributed by atoms with van der Waals surface area (Å²) in [5, 5.41) is 4.74. The van der Waals surface area contributed by atoms with Gasteiger partial charge in [0.15, 0.2) is 0 Å². The van der Waals surface area contributed by atoms with Gasteiger partial charge in [-0.05, 0) is 59.2 Å². The third-order valence-corrected chi connectivity index (χ3v) is 6.40. The largest absolute Gasteiger partial charge is 0.326 e. The molecule has 0 saturated carbocycles. The molecule has 31 heavy (non-hydrogen) atoms. The van der Waals surface area contributed by atoms with Crippen molar-refractivity contribution in [3.63, 3.8) is 0 Å². The summed E-state index contributed by atoms with van der Waals surface area (Å²) in [6, 6.07) is 27.0. The van der Waals surface area contributed by atoms with Crippen LogP contribution in [0.4, 0.5) is 11.4 Å². The summed E-state index contributed by atoms with van der Waals surface area (Å²) in [5.41, 5.74) is 3.01. The maximum Gasteiger partial charge on any atom is 0.261 e. The Labute approximate surface area is 181 Å². The molecule has 0 aromatic heterocycles. The first-order chi connectivity index (χ1) is 14.9. The van der Waals surface area contributed by atoms with Gasteiger partial charge in [0.1, 0.15) is 0 Å². The number of aryl methyl sites for hydroxylation is 1. The second-order valence-corrected chi connectivity index (χ2v) is 9.03. The molecule has 4 aromatic rings. The molecule has 0 spiro atoms. The Morgan fingerprint density at radius 1 is 0.806 bits per heavy atom. The van der Waals surface area contributed by atoms with Crippen LogP contribution in [-0.4, -0.2) is 14.3 Å². The molecule has 5 nitrogen and oxygen atoms in total. The van der Waals surface area contributed by atoms with E-state index in [4.69, 9.17) is 0 Å². The second-order valence-electron chi connectivity index (χ2n) is 7.35. The molecule has 156 valence electrons. The number of fused-ring (bicyclic) bond motifs is 1. The summed E-state index contributed by atoms with van der Waals surface area (Å²) in [7, 11) is -3.72. The molecule has 0 aliphatic heterocycles. The lowest BCUT2D eigenvalue weighted by Crippen LogP contribution is -2.15. The van der Waals surface area contributed by atoms with Crippen molar-refractivity contribution in [2.75, 3.05) is 10.0 Å². The van der Waals surface area contributed by atoms with Crippen molar-refractivity contribution in [1.29, 1.82) is 0 Å². The fraction of sp³-hybridized carbons (Fsp3) is 0.0800. The minimum absolute atomic E-state index is 0.126. The molecule has 0 fully saturated rings. The first kappa shape index (κ1) is 20.6. The van der Waals surface area contributed by atoms with Gasteiger partial charge in [0.25, 0.3) is 10.0 Å². The highest BCUT2D eigenvalue weighted by Gasteiger charge is 2.15. The summed E-state index contributed by atoms with van der Waals surface area (Å²) in [5.74, 6) is -0.126. The highest BCUT2D eigenvalue weighted by Crippen LogP contribution is 2.22. The number of rotatable bonds is 6. The second kappa shape index (κ2) is 8.62. The van der Waals surface area contributed by atoms with Crippen LogP contribution in [0.25, 0.3) is 10.8 Å². The Hall–Kier alpha value is -3.64. The molecule has 1 amide bonds. The molecular weight excluding hydrogens is 408 g/mol. The Morgan fingerprint density at radius 2 is 1.48 bits per heavy atom. The van der Waals surface area contributed by atoms with Crippen LogP contribution in [-0.2, 0) is 21.2 Å². The van der Waals surface area contributed by atoms with Gasteiger partial charge in [0.2, 0.25) is 5.91 Å². The molecule has 0 unspecified atom stereocenters. The highest BCUT2D eigenvalue weighted by atomic mass is 32.2. The zero-order chi connectivity index (χ0) is 21.8. The van der Waals surface area contributed by atoms with Gasteiger partial charge in [-0.1, -0.05) is 60.7 Å². The molecule has 0 saturated heterocycles. The molecule has 2 N–H and O–H groups in total. The van der Waals surface area contributed by atoms with Gasteiger partial charge in [-0.25, -0.2) is 8.42 Å². The van der Waals surface area contributed by atoms with Crippen molar-refractivity contribution in [2.24, 2.45) is 0 Å². The van der Waals surface area contributed by atoms with Gasteiger partial charge in [-0.15, -0.1) is 0 Å². The number of benzene rings is 4. The lowest BCUT2D eigenvalue weighted by molar-refractivity contribution is -0.115. The number of anilines is 2. The number of carbonyl (C=O) groups is 1. The van der Waals surface area contributed by atoms with E-state index in [9.17, 15) is 13.2 Å². The van der Waals surface area contributed by atoms with Crippen molar-refractivity contribution >= 4 is 38.1 Å². The number of sulfonamides is 1. The maximum atomic E-state index is 12.8. The standard InChI is InChI=1S/C25H22N2O3S/c1-18-6-2-5-9-24(18)26-25(28)16-19-10-13-22(14-11-19)27-31(29,30)23-15-12-20-7-3-4-8-21(20)17-23/h2-15,17,27H,16H2,1H3,(H,26,28). The Morgan fingerprint density at radius 3 is 2.23 bits per heavy atom. The van der Waals surface area contributed by atoms with Crippen molar-refractivity contribution in [2.45, 2.75) is 18.2 Å². The van der Waals surface area contributed by atoms with Gasteiger partial charge < -0.3 is 5.32 Å². The lowest BCUT2D eigenvalue weighted by atomic mass is 10.1. The first-order valence-corrected chi connectivity index (χ1v) is 11.4. The molecule has 0 heterocycles. The number of hydrogen-bond acceptors (Lipinski definition) is 3. The van der Waals surface area contributed by atoms with E-state index in [-0.39, 0.29) is 17.2 Å². The van der Waals surface area contributed by atoms with Crippen LogP contribution in [0.2, 0.25) is 0 Å². The molecule has 0 aliphatic rings. The topological polar surface area (TPSA) is 75.3 Å². The molecular formula is C25H22N2O3S. The quantitative estimate of drug-likeness (QED) is 0.445. The van der Waals surface area contributed by atoms with Crippen LogP contribution in [0.15, 0.2) is 95.9 Å². The van der Waals surface area contributed by atoms with E-state index in [0.29, 0.717) is 5.69 Å². The smallest absolute Gasteiger partial charge is 0.261 e. The van der Waals surface area contributed by atoms with Crippen LogP contribution in [0.1, 0.15) is 11.1 Å². The van der Waals surface area contributed by atoms with Gasteiger partial charge in [0, 0.05) is 11.4 Å². The predicted octanol–water partition coefficient (Wildman–Crippen LogP) is 5.13. The summed E-state index contributed by atoms with van der Waals surface area (Å²) in [6.07, 6.45) is 0.200. The van der Waals surface area contributed by atoms with Gasteiger partial charge in [-0.2, -0.15) is 0 Å². The Bertz CT molecular complexity index is 1350. The monoisotopic (exact) mass is 430 g/mol. The molecule has 6 heteroatoms. The molecule has 0 bridgehead atoms. The Balaban J connectivity index is 1.43. The molecule has 0 aliphatic carbocycles. The van der Waals surface area contributed by atoms with E-state index < -0.39 is 10.0 Å². The third kappa shape index (κ3) is 4.92. The summed E-state index contributed by atoms with van der Waals surface area (Å²) in [6.45, 7) is 1.94. The van der Waals surface area contributed by atoms with Crippen molar-refractivity contribution < 1.29 is 13.2 Å². The highest BCUT2D eigenvalue weighted by molar-refractivity contribution is 7.92. The number of amides is 1. The summed E-state index contributed by atoms with van der Waals surface area (Å²) >= 11 is 0. The normalized spacial score (nSPS) is 11.3. The van der Waals surface area contributed by atoms with Crippen LogP contribution in [0, 0.1) is 6.92 Å². The number of para-hydroxylation sites is 1. The van der Waals surface area contributed by atoms with Crippen LogP contribution in [0.3, 0.4) is 0 Å². The average molecular weight is 431 g/mol. The first-order valence-electron chi connectivity index (χ1n) is 9.87. The van der Waals surface area contributed by atoms with E-state index in [2.05, 4.69) is 10.0 Å². The lowest BCUT2D eigenvalue weighted by Gasteiger charge is -2.10. The SMILES string of the molecule is Cc1ccccc1NC(=O)Cc1ccc(NS(=O)(=O)c2ccc3ccccc3c2)cc1. The van der Waals surface area contributed by atoms with Crippen molar-refractivity contribution in [3.8, 4) is 0 Å². The van der Waals surface area contributed by atoms with Gasteiger partial charge >= 0.3 is 0 Å². The van der Waals surface area contributed by atoms with Crippen LogP contribution in [0.5, 0.6) is 0 Å². The average Bonchev–Trinajstić information content (AvgIpc) is 2.76. The zero-order valence-electron chi connectivity index (χ0n) is 17.0. The summed E-state index contributed by atoms with van der Waals surface area (Å²) in [4.78, 5) is 12.5. The summed E-state index contributed by atoms with van der Waals surface area (Å²) < 4.78 is 28.1. The van der Waals surface area contributed by atoms with E-state index in [0.717, 1.165) is 27.6 Å². The number of nitrogens with one attached hydrogen (secondary N) is 2. The molecule has 0 radical (unpaired) electrons. The fourth-order valence-corrected chi connectivity index (χ4v) is 4.43. The minimum Gasteiger partial charge on any atom is -0.326 e. The van der Waals surface area contributed by atoms with E-state index in [1.54, 1.807) is 42.5 Å². The van der Waals surface area contributed by atoms with Crippen molar-refractivity contribution in [3.05, 3.63) is 102 Å². The minimum atomic E-state index is -3.72. The van der Waals surface area contributed by atoms with E-state index in [1.807, 2.05) is 55.5 Å². The maximum absolute atomic E-state index is 12.8. The van der Waals surface area contributed by atoms with E-state index in [1.165, 1.54) is 0 Å². The number of carbonyl (C=O) groups excluding carboxylic acids is 1. The van der Waals surface area contributed by atoms with Gasteiger partial charge in [-0.3, -0.25) is 9.52 Å². The Kier molecular flexibility index (Phi) is 5.73. The van der Waals surface area contributed by atoms with E-state index >= 15 is 0 Å². The molecule has 0 atom stereocenters. The van der Waals surface area contributed by atoms with Crippen LogP contribution >= 0.6 is 0 Å². The molecule has 4 rings (SSSR count). The van der Waals surface area contributed by atoms with Crippen LogP contribution < -0.4 is 10.0 Å². The zero-order valence-corrected chi connectivity index (χ0v) is 17.8.